The molecule has 0 fully saturated rings. The fraction of sp³-hybridized carbons (Fsp3) is 0.571. The molecule has 0 aliphatic heterocycles. The average Bonchev–Trinajstić information content (AvgIpc) is 2.40. The first-order chi connectivity index (χ1) is 9.15. The van der Waals surface area contributed by atoms with Gasteiger partial charge in [-0.25, -0.2) is 0 Å². The van der Waals surface area contributed by atoms with Crippen molar-refractivity contribution in [1.29, 1.82) is 0 Å². The second-order valence-corrected chi connectivity index (χ2v) is 5.07. The van der Waals surface area contributed by atoms with E-state index in [-0.39, 0.29) is 12.6 Å². The number of aliphatic hydroxyl groups is 1. The Hall–Kier alpha value is -0.780. The van der Waals surface area contributed by atoms with Crippen LogP contribution in [0.4, 0.5) is 0 Å². The van der Waals surface area contributed by atoms with Crippen molar-refractivity contribution in [2.45, 2.75) is 32.9 Å². The number of aliphatic hydroxyl groups excluding tert-OH is 1. The third-order valence-electron chi connectivity index (χ3n) is 2.88. The summed E-state index contributed by atoms with van der Waals surface area (Å²) >= 11 is 3.49. The van der Waals surface area contributed by atoms with Gasteiger partial charge >= 0.3 is 0 Å². The Morgan fingerprint density at radius 1 is 1.37 bits per heavy atom. The molecule has 108 valence electrons. The van der Waals surface area contributed by atoms with E-state index in [9.17, 15) is 0 Å². The van der Waals surface area contributed by atoms with E-state index in [2.05, 4.69) is 21.2 Å². The summed E-state index contributed by atoms with van der Waals surface area (Å²) in [6.07, 6.45) is 0.895. The van der Waals surface area contributed by atoms with Gasteiger partial charge in [-0.15, -0.1) is 0 Å². The lowest BCUT2D eigenvalue weighted by molar-refractivity contribution is 0.238. The second kappa shape index (κ2) is 8.40. The SMILES string of the molecule is CCOc1cc(CNC(CC)CO)cc(Br)c1OC. The Kier molecular flexibility index (Phi) is 7.20. The van der Waals surface area contributed by atoms with Crippen LogP contribution in [0, 0.1) is 0 Å². The topological polar surface area (TPSA) is 50.7 Å². The van der Waals surface area contributed by atoms with Crippen LogP contribution in [0.1, 0.15) is 25.8 Å². The van der Waals surface area contributed by atoms with Crippen LogP contribution in [-0.4, -0.2) is 31.5 Å². The van der Waals surface area contributed by atoms with Crippen molar-refractivity contribution < 1.29 is 14.6 Å². The van der Waals surface area contributed by atoms with Crippen LogP contribution in [0.15, 0.2) is 16.6 Å². The molecule has 1 rings (SSSR count). The lowest BCUT2D eigenvalue weighted by Gasteiger charge is -2.16. The van der Waals surface area contributed by atoms with E-state index < -0.39 is 0 Å². The zero-order valence-electron chi connectivity index (χ0n) is 11.7. The number of hydrogen-bond acceptors (Lipinski definition) is 4. The zero-order chi connectivity index (χ0) is 14.3. The zero-order valence-corrected chi connectivity index (χ0v) is 13.3. The summed E-state index contributed by atoms with van der Waals surface area (Å²) in [5.74, 6) is 1.44. The lowest BCUT2D eigenvalue weighted by Crippen LogP contribution is -2.31. The summed E-state index contributed by atoms with van der Waals surface area (Å²) in [5.41, 5.74) is 1.09. The molecule has 2 N–H and O–H groups in total. The monoisotopic (exact) mass is 331 g/mol. The average molecular weight is 332 g/mol. The van der Waals surface area contributed by atoms with Gasteiger partial charge in [0.15, 0.2) is 11.5 Å². The van der Waals surface area contributed by atoms with Crippen molar-refractivity contribution in [3.63, 3.8) is 0 Å². The standard InChI is InChI=1S/C14H22BrNO3/c1-4-11(9-17)16-8-10-6-12(15)14(18-3)13(7-10)19-5-2/h6-7,11,16-17H,4-5,8-9H2,1-3H3. The van der Waals surface area contributed by atoms with Crippen molar-refractivity contribution >= 4 is 15.9 Å². The molecule has 0 aromatic heterocycles. The predicted molar refractivity (Wildman–Crippen MR) is 79.9 cm³/mol. The first-order valence-electron chi connectivity index (χ1n) is 6.49. The number of methoxy groups -OCH3 is 1. The molecule has 4 nitrogen and oxygen atoms in total. The summed E-state index contributed by atoms with van der Waals surface area (Å²) in [6.45, 7) is 5.41. The molecule has 0 amide bonds. The number of nitrogens with one attached hydrogen (secondary N) is 1. The molecule has 1 atom stereocenters. The molecule has 1 aromatic carbocycles. The highest BCUT2D eigenvalue weighted by molar-refractivity contribution is 9.10. The fourth-order valence-corrected chi connectivity index (χ4v) is 2.44. The Balaban J connectivity index is 2.84. The van der Waals surface area contributed by atoms with Crippen LogP contribution in [0.3, 0.4) is 0 Å². The Morgan fingerprint density at radius 3 is 2.63 bits per heavy atom. The van der Waals surface area contributed by atoms with Gasteiger partial charge in [0.05, 0.1) is 24.8 Å². The van der Waals surface area contributed by atoms with E-state index in [0.717, 1.165) is 22.2 Å². The maximum atomic E-state index is 9.16. The van der Waals surface area contributed by atoms with Crippen LogP contribution in [0.5, 0.6) is 11.5 Å². The summed E-state index contributed by atoms with van der Waals surface area (Å²) < 4.78 is 11.8. The first kappa shape index (κ1) is 16.3. The molecule has 0 spiro atoms. The minimum atomic E-state index is 0.122. The lowest BCUT2D eigenvalue weighted by atomic mass is 10.1. The van der Waals surface area contributed by atoms with Gasteiger partial charge in [0.2, 0.25) is 0 Å². The molecule has 0 aliphatic rings. The molecule has 19 heavy (non-hydrogen) atoms. The Labute approximate surface area is 123 Å². The van der Waals surface area contributed by atoms with Gasteiger partial charge in [-0.1, -0.05) is 6.92 Å². The quantitative estimate of drug-likeness (QED) is 0.769. The van der Waals surface area contributed by atoms with E-state index in [1.165, 1.54) is 0 Å². The predicted octanol–water partition coefficient (Wildman–Crippen LogP) is 2.72. The van der Waals surface area contributed by atoms with Crippen molar-refractivity contribution in [3.05, 3.63) is 22.2 Å². The largest absolute Gasteiger partial charge is 0.492 e. The van der Waals surface area contributed by atoms with Crippen LogP contribution < -0.4 is 14.8 Å². The molecule has 0 radical (unpaired) electrons. The van der Waals surface area contributed by atoms with Crippen LogP contribution in [0.2, 0.25) is 0 Å². The second-order valence-electron chi connectivity index (χ2n) is 4.21. The Morgan fingerprint density at radius 2 is 2.11 bits per heavy atom. The van der Waals surface area contributed by atoms with Crippen LogP contribution in [-0.2, 0) is 6.54 Å². The molecule has 1 aromatic rings. The number of ether oxygens (including phenoxy) is 2. The summed E-state index contributed by atoms with van der Waals surface area (Å²) in [5, 5.41) is 12.5. The fourth-order valence-electron chi connectivity index (χ4n) is 1.78. The molecule has 0 aliphatic carbocycles. The highest BCUT2D eigenvalue weighted by Crippen LogP contribution is 2.36. The van der Waals surface area contributed by atoms with Crippen molar-refractivity contribution in [1.82, 2.24) is 5.32 Å². The summed E-state index contributed by atoms with van der Waals surface area (Å²) in [4.78, 5) is 0. The third kappa shape index (κ3) is 4.67. The van der Waals surface area contributed by atoms with Crippen molar-refractivity contribution in [2.24, 2.45) is 0 Å². The van der Waals surface area contributed by atoms with E-state index in [1.807, 2.05) is 26.0 Å². The molecule has 5 heteroatoms. The summed E-state index contributed by atoms with van der Waals surface area (Å²) in [7, 11) is 1.62. The molecule has 1 unspecified atom stereocenters. The van der Waals surface area contributed by atoms with Gasteiger partial charge in [0, 0.05) is 12.6 Å². The van der Waals surface area contributed by atoms with Gasteiger partial charge in [0.25, 0.3) is 0 Å². The van der Waals surface area contributed by atoms with Crippen molar-refractivity contribution in [3.8, 4) is 11.5 Å². The summed E-state index contributed by atoms with van der Waals surface area (Å²) in [6, 6.07) is 4.08. The number of rotatable bonds is 8. The van der Waals surface area contributed by atoms with E-state index in [1.54, 1.807) is 7.11 Å². The van der Waals surface area contributed by atoms with Gasteiger partial charge < -0.3 is 19.9 Å². The molecule has 0 saturated heterocycles. The van der Waals surface area contributed by atoms with E-state index >= 15 is 0 Å². The van der Waals surface area contributed by atoms with E-state index in [0.29, 0.717) is 18.9 Å². The number of benzene rings is 1. The molecule has 0 heterocycles. The highest BCUT2D eigenvalue weighted by Gasteiger charge is 2.12. The minimum Gasteiger partial charge on any atom is -0.492 e. The smallest absolute Gasteiger partial charge is 0.174 e. The third-order valence-corrected chi connectivity index (χ3v) is 3.47. The van der Waals surface area contributed by atoms with E-state index in [4.69, 9.17) is 14.6 Å². The number of halogens is 1. The van der Waals surface area contributed by atoms with Crippen molar-refractivity contribution in [2.75, 3.05) is 20.3 Å². The highest BCUT2D eigenvalue weighted by atomic mass is 79.9. The minimum absolute atomic E-state index is 0.122. The van der Waals surface area contributed by atoms with Gasteiger partial charge in [-0.2, -0.15) is 0 Å². The van der Waals surface area contributed by atoms with Gasteiger partial charge in [-0.05, 0) is 47.0 Å². The maximum Gasteiger partial charge on any atom is 0.174 e. The Bertz CT molecular complexity index is 395. The molecular weight excluding hydrogens is 310 g/mol. The van der Waals surface area contributed by atoms with Crippen LogP contribution >= 0.6 is 15.9 Å². The van der Waals surface area contributed by atoms with Gasteiger partial charge in [-0.3, -0.25) is 0 Å². The van der Waals surface area contributed by atoms with Crippen LogP contribution in [0.25, 0.3) is 0 Å². The maximum absolute atomic E-state index is 9.16. The molecule has 0 bridgehead atoms. The molecule has 0 saturated carbocycles. The van der Waals surface area contributed by atoms with Gasteiger partial charge in [0.1, 0.15) is 0 Å². The molecular formula is C14H22BrNO3. The normalized spacial score (nSPS) is 12.3. The number of hydrogen-bond donors (Lipinski definition) is 2. The first-order valence-corrected chi connectivity index (χ1v) is 7.28.